The molecule has 158 valence electrons. The zero-order valence-electron chi connectivity index (χ0n) is 16.0. The molecule has 9 heteroatoms. The molecule has 2 heterocycles. The Balaban J connectivity index is 1.83. The van der Waals surface area contributed by atoms with Gasteiger partial charge in [-0.05, 0) is 54.7 Å². The van der Waals surface area contributed by atoms with Crippen LogP contribution in [0.2, 0.25) is 0 Å². The first-order chi connectivity index (χ1) is 14.0. The van der Waals surface area contributed by atoms with Crippen LogP contribution in [0.1, 0.15) is 27.9 Å². The highest BCUT2D eigenvalue weighted by molar-refractivity contribution is 7.91. The summed E-state index contributed by atoms with van der Waals surface area (Å²) in [5, 5.41) is 9.78. The Hall–Kier alpha value is -2.81. The van der Waals surface area contributed by atoms with Crippen molar-refractivity contribution >= 4 is 26.7 Å². The number of alkyl halides is 3. The Morgan fingerprint density at radius 2 is 1.90 bits per heavy atom. The molecular formula is C21H18F3NO4S. The van der Waals surface area contributed by atoms with Crippen molar-refractivity contribution in [2.75, 3.05) is 5.75 Å². The Labute approximate surface area is 170 Å². The summed E-state index contributed by atoms with van der Waals surface area (Å²) in [4.78, 5) is 11.6. The first-order valence-electron chi connectivity index (χ1n) is 9.22. The van der Waals surface area contributed by atoms with E-state index >= 15 is 0 Å². The van der Waals surface area contributed by atoms with E-state index in [1.165, 1.54) is 10.6 Å². The monoisotopic (exact) mass is 437 g/mol. The van der Waals surface area contributed by atoms with Crippen LogP contribution in [-0.2, 0) is 40.2 Å². The van der Waals surface area contributed by atoms with Crippen molar-refractivity contribution in [3.05, 3.63) is 64.3 Å². The lowest BCUT2D eigenvalue weighted by Crippen LogP contribution is -2.11. The maximum atomic E-state index is 13.2. The van der Waals surface area contributed by atoms with Crippen molar-refractivity contribution in [1.29, 1.82) is 0 Å². The number of benzene rings is 2. The van der Waals surface area contributed by atoms with Gasteiger partial charge < -0.3 is 9.67 Å². The number of hydrogen-bond donors (Lipinski definition) is 1. The van der Waals surface area contributed by atoms with Gasteiger partial charge in [0.1, 0.15) is 6.54 Å². The van der Waals surface area contributed by atoms with Crippen molar-refractivity contribution in [1.82, 2.24) is 4.57 Å². The molecule has 0 fully saturated rings. The highest BCUT2D eigenvalue weighted by atomic mass is 32.2. The van der Waals surface area contributed by atoms with Gasteiger partial charge in [0.25, 0.3) is 0 Å². The van der Waals surface area contributed by atoms with E-state index in [9.17, 15) is 31.5 Å². The van der Waals surface area contributed by atoms with Crippen LogP contribution in [0.5, 0.6) is 0 Å². The van der Waals surface area contributed by atoms with Crippen LogP contribution in [0.3, 0.4) is 0 Å². The quantitative estimate of drug-likeness (QED) is 0.670. The molecule has 2 aromatic carbocycles. The van der Waals surface area contributed by atoms with Crippen LogP contribution in [-0.4, -0.2) is 29.8 Å². The molecule has 3 aromatic rings. The molecule has 0 saturated carbocycles. The maximum Gasteiger partial charge on any atom is 0.416 e. The molecule has 1 aliphatic heterocycles. The molecule has 1 N–H and O–H groups in total. The molecule has 1 aromatic heterocycles. The topological polar surface area (TPSA) is 76.4 Å². The van der Waals surface area contributed by atoms with Crippen LogP contribution in [0, 0.1) is 6.92 Å². The van der Waals surface area contributed by atoms with Crippen LogP contribution in [0.4, 0.5) is 13.2 Å². The minimum atomic E-state index is -4.54. The van der Waals surface area contributed by atoms with E-state index in [1.807, 2.05) is 6.07 Å². The van der Waals surface area contributed by atoms with Crippen LogP contribution >= 0.6 is 0 Å². The highest BCUT2D eigenvalue weighted by Gasteiger charge is 2.32. The SMILES string of the molecule is Cc1c(Cc2ccc3c(c2)CCS3(=O)=O)c2ccc(C(F)(F)F)cc2n1CC(=O)O. The van der Waals surface area contributed by atoms with Gasteiger partial charge in [0.15, 0.2) is 9.84 Å². The second-order valence-corrected chi connectivity index (χ2v) is 9.54. The van der Waals surface area contributed by atoms with E-state index in [0.29, 0.717) is 28.8 Å². The van der Waals surface area contributed by atoms with E-state index in [2.05, 4.69) is 0 Å². The van der Waals surface area contributed by atoms with E-state index in [-0.39, 0.29) is 11.3 Å². The van der Waals surface area contributed by atoms with Gasteiger partial charge in [0.05, 0.1) is 16.2 Å². The van der Waals surface area contributed by atoms with Gasteiger partial charge in [0.2, 0.25) is 0 Å². The number of carboxylic acids is 1. The van der Waals surface area contributed by atoms with E-state index in [1.54, 1.807) is 19.1 Å². The van der Waals surface area contributed by atoms with Gasteiger partial charge >= 0.3 is 12.1 Å². The summed E-state index contributed by atoms with van der Waals surface area (Å²) >= 11 is 0. The molecule has 0 amide bonds. The number of fused-ring (bicyclic) bond motifs is 2. The molecule has 0 radical (unpaired) electrons. The molecule has 30 heavy (non-hydrogen) atoms. The third kappa shape index (κ3) is 3.47. The van der Waals surface area contributed by atoms with Gasteiger partial charge in [-0.25, -0.2) is 8.42 Å². The van der Waals surface area contributed by atoms with E-state index < -0.39 is 34.1 Å². The Bertz CT molecular complexity index is 1290. The second kappa shape index (κ2) is 6.87. The van der Waals surface area contributed by atoms with Crippen molar-refractivity contribution in [3.63, 3.8) is 0 Å². The number of aliphatic carboxylic acids is 1. The molecular weight excluding hydrogens is 419 g/mol. The molecule has 5 nitrogen and oxygen atoms in total. The zero-order chi connectivity index (χ0) is 21.8. The van der Waals surface area contributed by atoms with Crippen LogP contribution in [0.15, 0.2) is 41.3 Å². The van der Waals surface area contributed by atoms with Gasteiger partial charge in [-0.1, -0.05) is 18.2 Å². The number of aryl methyl sites for hydroxylation is 1. The van der Waals surface area contributed by atoms with Gasteiger partial charge in [-0.2, -0.15) is 13.2 Å². The molecule has 0 atom stereocenters. The molecule has 1 aliphatic rings. The van der Waals surface area contributed by atoms with E-state index in [0.717, 1.165) is 28.8 Å². The lowest BCUT2D eigenvalue weighted by Gasteiger charge is -2.08. The standard InChI is InChI=1S/C21H18F3NO4S/c1-12-17(9-13-2-5-19-14(8-13)6-7-30(19,28)29)16-4-3-15(21(22,23)24)10-18(16)25(12)11-20(26)27/h2-5,8,10H,6-7,9,11H2,1H3,(H,26,27). The predicted octanol–water partition coefficient (Wildman–Crippen LogP) is 3.97. The number of sulfone groups is 1. The van der Waals surface area contributed by atoms with E-state index in [4.69, 9.17) is 0 Å². The highest BCUT2D eigenvalue weighted by Crippen LogP contribution is 2.35. The predicted molar refractivity (Wildman–Crippen MR) is 104 cm³/mol. The average Bonchev–Trinajstić information content (AvgIpc) is 3.09. The number of nitrogens with zero attached hydrogens (tertiary/aromatic N) is 1. The van der Waals surface area contributed by atoms with Crippen molar-refractivity contribution in [2.45, 2.75) is 37.4 Å². The van der Waals surface area contributed by atoms with Crippen molar-refractivity contribution in [2.24, 2.45) is 0 Å². The summed E-state index contributed by atoms with van der Waals surface area (Å²) in [7, 11) is -3.24. The second-order valence-electron chi connectivity index (χ2n) is 7.46. The molecule has 0 saturated heterocycles. The largest absolute Gasteiger partial charge is 0.480 e. The fourth-order valence-corrected chi connectivity index (χ4v) is 5.63. The fraction of sp³-hybridized carbons (Fsp3) is 0.286. The molecule has 0 bridgehead atoms. The number of halogens is 3. The van der Waals surface area contributed by atoms with Gasteiger partial charge in [0, 0.05) is 16.6 Å². The first-order valence-corrected chi connectivity index (χ1v) is 10.9. The number of hydrogen-bond acceptors (Lipinski definition) is 3. The minimum Gasteiger partial charge on any atom is -0.480 e. The minimum absolute atomic E-state index is 0.0724. The number of carbonyl (C=O) groups is 1. The normalized spacial score (nSPS) is 15.5. The smallest absolute Gasteiger partial charge is 0.416 e. The Kier molecular flexibility index (Phi) is 4.68. The number of carboxylic acid groups (broad SMARTS) is 1. The lowest BCUT2D eigenvalue weighted by atomic mass is 9.99. The molecule has 0 aliphatic carbocycles. The molecule has 0 unspecified atom stereocenters. The number of rotatable bonds is 4. The van der Waals surface area contributed by atoms with Crippen molar-refractivity contribution in [3.8, 4) is 0 Å². The number of aromatic nitrogens is 1. The molecule has 0 spiro atoms. The summed E-state index contributed by atoms with van der Waals surface area (Å²) in [6.45, 7) is 1.23. The van der Waals surface area contributed by atoms with Crippen molar-refractivity contribution < 1.29 is 31.5 Å². The van der Waals surface area contributed by atoms with Crippen LogP contribution in [0.25, 0.3) is 10.9 Å². The summed E-state index contributed by atoms with van der Waals surface area (Å²) in [6.07, 6.45) is -3.75. The maximum absolute atomic E-state index is 13.2. The summed E-state index contributed by atoms with van der Waals surface area (Å²) in [5.74, 6) is -1.08. The third-order valence-electron chi connectivity index (χ3n) is 5.56. The zero-order valence-corrected chi connectivity index (χ0v) is 16.8. The Morgan fingerprint density at radius 3 is 2.57 bits per heavy atom. The first kappa shape index (κ1) is 20.5. The third-order valence-corrected chi connectivity index (χ3v) is 7.37. The fourth-order valence-electron chi connectivity index (χ4n) is 4.09. The average molecular weight is 437 g/mol. The van der Waals surface area contributed by atoms with Gasteiger partial charge in [-0.15, -0.1) is 0 Å². The molecule has 4 rings (SSSR count). The Morgan fingerprint density at radius 1 is 1.17 bits per heavy atom. The summed E-state index contributed by atoms with van der Waals surface area (Å²) in [5.41, 5.74) is 2.22. The lowest BCUT2D eigenvalue weighted by molar-refractivity contribution is -0.138. The summed E-state index contributed by atoms with van der Waals surface area (Å²) < 4.78 is 65.0. The van der Waals surface area contributed by atoms with Crippen LogP contribution < -0.4 is 0 Å². The van der Waals surface area contributed by atoms with Gasteiger partial charge in [-0.3, -0.25) is 4.79 Å². The summed E-state index contributed by atoms with van der Waals surface area (Å²) in [6, 6.07) is 8.42.